The van der Waals surface area contributed by atoms with Gasteiger partial charge in [-0.2, -0.15) is 0 Å². The Kier molecular flexibility index (Phi) is 6.03. The number of nitrogens with one attached hydrogen (secondary N) is 2. The standard InChI is InChI=1S/C18H28N6O2/c1-13(2)4-3-8-23-9-7-15-21-22-16(24(15)11-10-23)12-19-18(26)14-5-6-17(25)20-14/h3-4,13-14H,5-12H2,1-2H3,(H,19,26)(H,20,25)/b4-3+. The first-order valence-corrected chi connectivity index (χ1v) is 9.40. The van der Waals surface area contributed by atoms with E-state index < -0.39 is 6.04 Å². The van der Waals surface area contributed by atoms with Crippen molar-refractivity contribution in [3.05, 3.63) is 23.8 Å². The molecule has 3 heterocycles. The molecule has 1 fully saturated rings. The molecule has 2 amide bonds. The van der Waals surface area contributed by atoms with Crippen molar-refractivity contribution in [2.24, 2.45) is 5.92 Å². The number of carbonyl (C=O) groups is 2. The monoisotopic (exact) mass is 360 g/mol. The Hall–Kier alpha value is -2.22. The van der Waals surface area contributed by atoms with Crippen molar-refractivity contribution in [1.82, 2.24) is 30.3 Å². The average Bonchev–Trinajstić information content (AvgIpc) is 3.15. The molecule has 2 aliphatic rings. The molecule has 1 aromatic rings. The van der Waals surface area contributed by atoms with E-state index in [4.69, 9.17) is 0 Å². The lowest BCUT2D eigenvalue weighted by molar-refractivity contribution is -0.125. The van der Waals surface area contributed by atoms with E-state index in [2.05, 4.69) is 56.3 Å². The summed E-state index contributed by atoms with van der Waals surface area (Å²) in [5.41, 5.74) is 0. The third-order valence-electron chi connectivity index (χ3n) is 4.81. The Labute approximate surface area is 154 Å². The number of rotatable bonds is 6. The molecule has 26 heavy (non-hydrogen) atoms. The highest BCUT2D eigenvalue weighted by Gasteiger charge is 2.27. The number of aromatic nitrogens is 3. The van der Waals surface area contributed by atoms with E-state index in [1.165, 1.54) is 0 Å². The fourth-order valence-electron chi connectivity index (χ4n) is 3.32. The smallest absolute Gasteiger partial charge is 0.242 e. The lowest BCUT2D eigenvalue weighted by Gasteiger charge is -2.17. The summed E-state index contributed by atoms with van der Waals surface area (Å²) >= 11 is 0. The van der Waals surface area contributed by atoms with Crippen LogP contribution in [0.25, 0.3) is 0 Å². The molecule has 0 aromatic carbocycles. The molecular formula is C18H28N6O2. The van der Waals surface area contributed by atoms with Crippen LogP contribution in [0.2, 0.25) is 0 Å². The Morgan fingerprint density at radius 2 is 2.15 bits per heavy atom. The SMILES string of the molecule is CC(C)/C=C/CN1CCc2nnc(CNC(=O)C3CCC(=O)N3)n2CC1. The van der Waals surface area contributed by atoms with Gasteiger partial charge in [0.1, 0.15) is 11.9 Å². The Bertz CT molecular complexity index is 681. The van der Waals surface area contributed by atoms with E-state index in [9.17, 15) is 9.59 Å². The molecule has 3 rings (SSSR count). The average molecular weight is 360 g/mol. The first-order chi connectivity index (χ1) is 12.5. The zero-order valence-electron chi connectivity index (χ0n) is 15.6. The second kappa shape index (κ2) is 8.44. The third kappa shape index (κ3) is 4.69. The number of hydrogen-bond acceptors (Lipinski definition) is 5. The molecule has 1 unspecified atom stereocenters. The van der Waals surface area contributed by atoms with Crippen LogP contribution >= 0.6 is 0 Å². The zero-order chi connectivity index (χ0) is 18.5. The molecule has 142 valence electrons. The molecule has 0 saturated carbocycles. The van der Waals surface area contributed by atoms with Crippen molar-refractivity contribution in [1.29, 1.82) is 0 Å². The van der Waals surface area contributed by atoms with Crippen LogP contribution in [-0.4, -0.2) is 57.2 Å². The summed E-state index contributed by atoms with van der Waals surface area (Å²) in [4.78, 5) is 25.8. The van der Waals surface area contributed by atoms with Crippen LogP contribution < -0.4 is 10.6 Å². The van der Waals surface area contributed by atoms with Gasteiger partial charge in [-0.1, -0.05) is 26.0 Å². The molecule has 8 nitrogen and oxygen atoms in total. The quantitative estimate of drug-likeness (QED) is 0.709. The van der Waals surface area contributed by atoms with Crippen molar-refractivity contribution in [2.75, 3.05) is 19.6 Å². The van der Waals surface area contributed by atoms with Crippen LogP contribution in [0.15, 0.2) is 12.2 Å². The molecule has 2 N–H and O–H groups in total. The summed E-state index contributed by atoms with van der Waals surface area (Å²) in [5.74, 6) is 2.10. The van der Waals surface area contributed by atoms with Gasteiger partial charge in [-0.05, 0) is 12.3 Å². The molecule has 0 spiro atoms. The molecular weight excluding hydrogens is 332 g/mol. The van der Waals surface area contributed by atoms with Gasteiger partial charge in [0.05, 0.1) is 6.54 Å². The Balaban J connectivity index is 1.53. The van der Waals surface area contributed by atoms with Crippen molar-refractivity contribution in [3.63, 3.8) is 0 Å². The molecule has 1 saturated heterocycles. The van der Waals surface area contributed by atoms with Crippen molar-refractivity contribution < 1.29 is 9.59 Å². The minimum Gasteiger partial charge on any atom is -0.347 e. The van der Waals surface area contributed by atoms with Gasteiger partial charge in [0.15, 0.2) is 5.82 Å². The summed E-state index contributed by atoms with van der Waals surface area (Å²) in [5, 5.41) is 14.1. The van der Waals surface area contributed by atoms with E-state index in [0.717, 1.165) is 44.2 Å². The van der Waals surface area contributed by atoms with Gasteiger partial charge in [0.2, 0.25) is 11.8 Å². The van der Waals surface area contributed by atoms with E-state index in [-0.39, 0.29) is 11.8 Å². The van der Waals surface area contributed by atoms with Crippen LogP contribution in [0, 0.1) is 5.92 Å². The van der Waals surface area contributed by atoms with Crippen LogP contribution in [0.3, 0.4) is 0 Å². The lowest BCUT2D eigenvalue weighted by atomic mass is 10.2. The van der Waals surface area contributed by atoms with E-state index >= 15 is 0 Å². The van der Waals surface area contributed by atoms with Crippen LogP contribution in [0.1, 0.15) is 38.3 Å². The summed E-state index contributed by atoms with van der Waals surface area (Å²) in [6.07, 6.45) is 6.29. The molecule has 0 radical (unpaired) electrons. The first-order valence-electron chi connectivity index (χ1n) is 9.40. The van der Waals surface area contributed by atoms with Crippen LogP contribution in [0.4, 0.5) is 0 Å². The number of hydrogen-bond donors (Lipinski definition) is 2. The zero-order valence-corrected chi connectivity index (χ0v) is 15.6. The van der Waals surface area contributed by atoms with Crippen molar-refractivity contribution in [3.8, 4) is 0 Å². The highest BCUT2D eigenvalue weighted by molar-refractivity contribution is 5.90. The molecule has 2 aliphatic heterocycles. The lowest BCUT2D eigenvalue weighted by Crippen LogP contribution is -2.41. The van der Waals surface area contributed by atoms with Gasteiger partial charge in [-0.15, -0.1) is 10.2 Å². The van der Waals surface area contributed by atoms with E-state index in [1.807, 2.05) is 0 Å². The summed E-state index contributed by atoms with van der Waals surface area (Å²) in [7, 11) is 0. The van der Waals surface area contributed by atoms with Gasteiger partial charge < -0.3 is 15.2 Å². The van der Waals surface area contributed by atoms with E-state index in [0.29, 0.717) is 25.3 Å². The normalized spacial score (nSPS) is 21.0. The van der Waals surface area contributed by atoms with Crippen molar-refractivity contribution in [2.45, 2.75) is 52.2 Å². The summed E-state index contributed by atoms with van der Waals surface area (Å²) in [6.45, 7) is 8.36. The maximum absolute atomic E-state index is 12.1. The van der Waals surface area contributed by atoms with Crippen molar-refractivity contribution >= 4 is 11.8 Å². The summed E-state index contributed by atoms with van der Waals surface area (Å²) < 4.78 is 2.11. The predicted molar refractivity (Wildman–Crippen MR) is 97.2 cm³/mol. The number of allylic oxidation sites excluding steroid dienone is 1. The molecule has 0 bridgehead atoms. The van der Waals surface area contributed by atoms with Gasteiger partial charge in [-0.3, -0.25) is 14.5 Å². The van der Waals surface area contributed by atoms with Crippen LogP contribution in [-0.2, 0) is 29.1 Å². The molecule has 8 heteroatoms. The fraction of sp³-hybridized carbons (Fsp3) is 0.667. The largest absolute Gasteiger partial charge is 0.347 e. The Morgan fingerprint density at radius 3 is 2.88 bits per heavy atom. The highest BCUT2D eigenvalue weighted by Crippen LogP contribution is 2.11. The minimum atomic E-state index is -0.419. The highest BCUT2D eigenvalue weighted by atomic mass is 16.2. The Morgan fingerprint density at radius 1 is 1.31 bits per heavy atom. The van der Waals surface area contributed by atoms with Gasteiger partial charge in [-0.25, -0.2) is 0 Å². The maximum atomic E-state index is 12.1. The summed E-state index contributed by atoms with van der Waals surface area (Å²) in [6, 6.07) is -0.419. The van der Waals surface area contributed by atoms with Gasteiger partial charge in [0, 0.05) is 39.0 Å². The third-order valence-corrected chi connectivity index (χ3v) is 4.81. The molecule has 0 aliphatic carbocycles. The number of amides is 2. The number of fused-ring (bicyclic) bond motifs is 1. The molecule has 1 aromatic heterocycles. The second-order valence-electron chi connectivity index (χ2n) is 7.28. The number of carbonyl (C=O) groups excluding carboxylic acids is 2. The fourth-order valence-corrected chi connectivity index (χ4v) is 3.32. The predicted octanol–water partition coefficient (Wildman–Crippen LogP) is 0.243. The minimum absolute atomic E-state index is 0.0619. The van der Waals surface area contributed by atoms with E-state index in [1.54, 1.807) is 0 Å². The molecule has 1 atom stereocenters. The van der Waals surface area contributed by atoms with Gasteiger partial charge in [0.25, 0.3) is 0 Å². The first kappa shape index (κ1) is 18.6. The number of nitrogens with zero attached hydrogens (tertiary/aromatic N) is 4. The van der Waals surface area contributed by atoms with Gasteiger partial charge >= 0.3 is 0 Å². The maximum Gasteiger partial charge on any atom is 0.242 e. The van der Waals surface area contributed by atoms with Crippen LogP contribution in [0.5, 0.6) is 0 Å². The topological polar surface area (TPSA) is 92.2 Å². The second-order valence-corrected chi connectivity index (χ2v) is 7.28.